The topological polar surface area (TPSA) is 70.3 Å². The maximum absolute atomic E-state index is 11.2. The SMILES string of the molecule is N#CCC(O)CC(=O)OCc1ccccc1. The van der Waals surface area contributed by atoms with Gasteiger partial charge >= 0.3 is 5.97 Å². The lowest BCUT2D eigenvalue weighted by atomic mass is 10.2. The second-order valence-electron chi connectivity index (χ2n) is 3.37. The summed E-state index contributed by atoms with van der Waals surface area (Å²) >= 11 is 0. The predicted octanol–water partition coefficient (Wildman–Crippen LogP) is 1.39. The molecule has 0 aliphatic heterocycles. The molecule has 1 rings (SSSR count). The third kappa shape index (κ3) is 4.58. The summed E-state index contributed by atoms with van der Waals surface area (Å²) in [4.78, 5) is 11.2. The molecule has 0 aromatic heterocycles. The first-order chi connectivity index (χ1) is 7.72. The normalized spacial score (nSPS) is 11.5. The molecule has 0 bridgehead atoms. The second kappa shape index (κ2) is 6.59. The maximum Gasteiger partial charge on any atom is 0.308 e. The lowest BCUT2D eigenvalue weighted by Crippen LogP contribution is -2.15. The Morgan fingerprint density at radius 2 is 2.12 bits per heavy atom. The van der Waals surface area contributed by atoms with E-state index in [1.54, 1.807) is 6.07 Å². The zero-order valence-corrected chi connectivity index (χ0v) is 8.80. The Hall–Kier alpha value is -1.86. The molecule has 0 spiro atoms. The monoisotopic (exact) mass is 219 g/mol. The minimum atomic E-state index is -0.937. The highest BCUT2D eigenvalue weighted by Gasteiger charge is 2.11. The van der Waals surface area contributed by atoms with E-state index < -0.39 is 12.1 Å². The average Bonchev–Trinajstić information content (AvgIpc) is 2.28. The molecular weight excluding hydrogens is 206 g/mol. The van der Waals surface area contributed by atoms with Gasteiger partial charge in [0.25, 0.3) is 0 Å². The van der Waals surface area contributed by atoms with Crippen LogP contribution in [0.25, 0.3) is 0 Å². The predicted molar refractivity (Wildman–Crippen MR) is 57.1 cm³/mol. The average molecular weight is 219 g/mol. The van der Waals surface area contributed by atoms with Gasteiger partial charge in [0.05, 0.1) is 25.0 Å². The van der Waals surface area contributed by atoms with Crippen molar-refractivity contribution in [2.45, 2.75) is 25.6 Å². The number of carbonyl (C=O) groups excluding carboxylic acids is 1. The summed E-state index contributed by atoms with van der Waals surface area (Å²) in [5.74, 6) is -0.494. The highest BCUT2D eigenvalue weighted by atomic mass is 16.5. The molecule has 84 valence electrons. The smallest absolute Gasteiger partial charge is 0.308 e. The van der Waals surface area contributed by atoms with E-state index in [1.165, 1.54) is 0 Å². The van der Waals surface area contributed by atoms with Gasteiger partial charge < -0.3 is 9.84 Å². The Kier molecular flexibility index (Phi) is 5.03. The molecular formula is C12H13NO3. The molecule has 0 saturated carbocycles. The van der Waals surface area contributed by atoms with Crippen molar-refractivity contribution in [3.05, 3.63) is 35.9 Å². The molecule has 0 saturated heterocycles. The quantitative estimate of drug-likeness (QED) is 0.760. The minimum Gasteiger partial charge on any atom is -0.461 e. The molecule has 16 heavy (non-hydrogen) atoms. The number of aliphatic hydroxyl groups is 1. The van der Waals surface area contributed by atoms with Gasteiger partial charge in [0.1, 0.15) is 6.61 Å². The molecule has 0 heterocycles. The van der Waals surface area contributed by atoms with Crippen molar-refractivity contribution in [2.75, 3.05) is 0 Å². The van der Waals surface area contributed by atoms with Gasteiger partial charge in [0, 0.05) is 0 Å². The first-order valence-electron chi connectivity index (χ1n) is 4.97. The van der Waals surface area contributed by atoms with Crippen LogP contribution in [0.3, 0.4) is 0 Å². The zero-order valence-electron chi connectivity index (χ0n) is 8.80. The van der Waals surface area contributed by atoms with Crippen molar-refractivity contribution in [3.8, 4) is 6.07 Å². The summed E-state index contributed by atoms with van der Waals surface area (Å²) in [6.07, 6.45) is -1.13. The van der Waals surface area contributed by atoms with Crippen LogP contribution in [0.15, 0.2) is 30.3 Å². The molecule has 1 aromatic rings. The van der Waals surface area contributed by atoms with Gasteiger partial charge in [-0.15, -0.1) is 0 Å². The molecule has 1 unspecified atom stereocenters. The van der Waals surface area contributed by atoms with E-state index in [0.717, 1.165) is 5.56 Å². The Morgan fingerprint density at radius 1 is 1.44 bits per heavy atom. The molecule has 0 aliphatic rings. The van der Waals surface area contributed by atoms with Gasteiger partial charge in [0.15, 0.2) is 0 Å². The molecule has 0 fully saturated rings. The van der Waals surface area contributed by atoms with E-state index in [1.807, 2.05) is 30.3 Å². The van der Waals surface area contributed by atoms with Gasteiger partial charge in [-0.3, -0.25) is 4.79 Å². The fraction of sp³-hybridized carbons (Fsp3) is 0.333. The van der Waals surface area contributed by atoms with Gasteiger partial charge in [-0.25, -0.2) is 0 Å². The largest absolute Gasteiger partial charge is 0.461 e. The number of hydrogen-bond donors (Lipinski definition) is 1. The molecule has 0 radical (unpaired) electrons. The fourth-order valence-electron chi connectivity index (χ4n) is 1.17. The Labute approximate surface area is 94.1 Å². The van der Waals surface area contributed by atoms with Crippen LogP contribution in [-0.2, 0) is 16.1 Å². The lowest BCUT2D eigenvalue weighted by Gasteiger charge is -2.07. The molecule has 4 heteroatoms. The Balaban J connectivity index is 2.28. The van der Waals surface area contributed by atoms with Crippen molar-refractivity contribution in [2.24, 2.45) is 0 Å². The van der Waals surface area contributed by atoms with Crippen molar-refractivity contribution >= 4 is 5.97 Å². The van der Waals surface area contributed by atoms with E-state index >= 15 is 0 Å². The molecule has 1 aromatic carbocycles. The van der Waals surface area contributed by atoms with E-state index in [9.17, 15) is 9.90 Å². The number of rotatable bonds is 5. The third-order valence-corrected chi connectivity index (χ3v) is 1.97. The summed E-state index contributed by atoms with van der Waals surface area (Å²) < 4.78 is 4.94. The van der Waals surface area contributed by atoms with E-state index in [0.29, 0.717) is 0 Å². The highest BCUT2D eigenvalue weighted by molar-refractivity contribution is 5.69. The van der Waals surface area contributed by atoms with Crippen molar-refractivity contribution in [3.63, 3.8) is 0 Å². The number of hydrogen-bond acceptors (Lipinski definition) is 4. The molecule has 0 aliphatic carbocycles. The van der Waals surface area contributed by atoms with Crippen LogP contribution in [-0.4, -0.2) is 17.2 Å². The highest BCUT2D eigenvalue weighted by Crippen LogP contribution is 2.04. The minimum absolute atomic E-state index is 0.0551. The number of aliphatic hydroxyl groups excluding tert-OH is 1. The molecule has 0 amide bonds. The van der Waals surface area contributed by atoms with Crippen molar-refractivity contribution < 1.29 is 14.6 Å². The van der Waals surface area contributed by atoms with Crippen LogP contribution < -0.4 is 0 Å². The number of carbonyl (C=O) groups is 1. The lowest BCUT2D eigenvalue weighted by molar-refractivity contribution is -0.147. The van der Waals surface area contributed by atoms with Gasteiger partial charge in [-0.05, 0) is 5.56 Å². The van der Waals surface area contributed by atoms with Crippen LogP contribution in [0.5, 0.6) is 0 Å². The first kappa shape index (κ1) is 12.2. The van der Waals surface area contributed by atoms with Gasteiger partial charge in [0.2, 0.25) is 0 Å². The molecule has 1 N–H and O–H groups in total. The van der Waals surface area contributed by atoms with E-state index in [4.69, 9.17) is 10.00 Å². The van der Waals surface area contributed by atoms with Gasteiger partial charge in [-0.2, -0.15) is 5.26 Å². The van der Waals surface area contributed by atoms with E-state index in [2.05, 4.69) is 0 Å². The van der Waals surface area contributed by atoms with Crippen molar-refractivity contribution in [1.29, 1.82) is 5.26 Å². The number of nitriles is 1. The standard InChI is InChI=1S/C12H13NO3/c13-7-6-11(14)8-12(15)16-9-10-4-2-1-3-5-10/h1-5,11,14H,6,8-9H2. The number of nitrogens with zero attached hydrogens (tertiary/aromatic N) is 1. The summed E-state index contributed by atoms with van der Waals surface area (Å²) in [5.41, 5.74) is 0.894. The summed E-state index contributed by atoms with van der Waals surface area (Å²) in [6, 6.07) is 11.1. The Bertz CT molecular complexity index is 370. The number of ether oxygens (including phenoxy) is 1. The molecule has 4 nitrogen and oxygen atoms in total. The van der Waals surface area contributed by atoms with Crippen molar-refractivity contribution in [1.82, 2.24) is 0 Å². The maximum atomic E-state index is 11.2. The second-order valence-corrected chi connectivity index (χ2v) is 3.37. The fourth-order valence-corrected chi connectivity index (χ4v) is 1.17. The number of benzene rings is 1. The van der Waals surface area contributed by atoms with Crippen LogP contribution in [0, 0.1) is 11.3 Å². The van der Waals surface area contributed by atoms with Crippen LogP contribution in [0.4, 0.5) is 0 Å². The number of esters is 1. The van der Waals surface area contributed by atoms with E-state index in [-0.39, 0.29) is 19.4 Å². The molecule has 1 atom stereocenters. The Morgan fingerprint density at radius 3 is 2.75 bits per heavy atom. The first-order valence-corrected chi connectivity index (χ1v) is 4.97. The van der Waals surface area contributed by atoms with Crippen LogP contribution >= 0.6 is 0 Å². The summed E-state index contributed by atoms with van der Waals surface area (Å²) in [7, 11) is 0. The zero-order chi connectivity index (χ0) is 11.8. The summed E-state index contributed by atoms with van der Waals surface area (Å²) in [6.45, 7) is 0.193. The summed E-state index contributed by atoms with van der Waals surface area (Å²) in [5, 5.41) is 17.5. The van der Waals surface area contributed by atoms with Gasteiger partial charge in [-0.1, -0.05) is 30.3 Å². The van der Waals surface area contributed by atoms with Crippen LogP contribution in [0.2, 0.25) is 0 Å². The third-order valence-electron chi connectivity index (χ3n) is 1.97. The van der Waals surface area contributed by atoms with Crippen LogP contribution in [0.1, 0.15) is 18.4 Å².